The lowest BCUT2D eigenvalue weighted by atomic mass is 9.53. The average Bonchev–Trinajstić information content (AvgIpc) is 2.84. The summed E-state index contributed by atoms with van der Waals surface area (Å²) in [6.07, 6.45) is -2.33. The summed E-state index contributed by atoms with van der Waals surface area (Å²) in [6.45, 7) is 1.45. The van der Waals surface area contributed by atoms with Crippen LogP contribution in [0.3, 0.4) is 0 Å². The molecule has 0 radical (unpaired) electrons. The number of aliphatic hydroxyl groups is 4. The van der Waals surface area contributed by atoms with E-state index in [1.807, 2.05) is 6.07 Å². The fraction of sp³-hybridized carbons (Fsp3) is 0.393. The molecule has 2 unspecified atom stereocenters. The number of hydrogen-bond acceptors (Lipinski definition) is 9. The maximum Gasteiger partial charge on any atom is 0.230 e. The third kappa shape index (κ3) is 3.24. The molecular weight excluding hydrogens is 492 g/mol. The second-order valence-electron chi connectivity index (χ2n) is 10.8. The van der Waals surface area contributed by atoms with Crippen molar-refractivity contribution in [1.82, 2.24) is 4.90 Å². The van der Waals surface area contributed by atoms with Crippen molar-refractivity contribution in [2.24, 2.45) is 23.5 Å². The molecule has 200 valence electrons. The molecule has 1 saturated carbocycles. The minimum absolute atomic E-state index is 0.153. The van der Waals surface area contributed by atoms with Gasteiger partial charge in [-0.2, -0.15) is 0 Å². The Labute approximate surface area is 218 Å². The van der Waals surface area contributed by atoms with Gasteiger partial charge in [0.15, 0.2) is 17.2 Å². The minimum Gasteiger partial charge on any atom is -0.509 e. The Balaban J connectivity index is 1.80. The van der Waals surface area contributed by atoms with E-state index in [0.717, 1.165) is 0 Å². The van der Waals surface area contributed by atoms with E-state index < -0.39 is 75.7 Å². The highest BCUT2D eigenvalue weighted by atomic mass is 16.4. The molecule has 3 aliphatic carbocycles. The van der Waals surface area contributed by atoms with Gasteiger partial charge in [-0.25, -0.2) is 0 Å². The van der Waals surface area contributed by atoms with Crippen LogP contribution in [0.2, 0.25) is 0 Å². The van der Waals surface area contributed by atoms with Crippen molar-refractivity contribution >= 4 is 17.5 Å². The van der Waals surface area contributed by atoms with Gasteiger partial charge in [-0.3, -0.25) is 19.3 Å². The zero-order valence-corrected chi connectivity index (χ0v) is 21.1. The highest BCUT2D eigenvalue weighted by Gasteiger charge is 2.68. The molecule has 7 atom stereocenters. The van der Waals surface area contributed by atoms with Crippen molar-refractivity contribution in [1.29, 1.82) is 0 Å². The van der Waals surface area contributed by atoms with Gasteiger partial charge in [0.25, 0.3) is 0 Å². The predicted molar refractivity (Wildman–Crippen MR) is 135 cm³/mol. The van der Waals surface area contributed by atoms with Crippen LogP contribution in [-0.4, -0.2) is 79.7 Å². The number of hydrogen-bond donors (Lipinski definition) is 6. The summed E-state index contributed by atoms with van der Waals surface area (Å²) in [7, 11) is 3.08. The van der Waals surface area contributed by atoms with Gasteiger partial charge in [0.2, 0.25) is 5.91 Å². The number of aliphatic hydroxyl groups excluding tert-OH is 2. The smallest absolute Gasteiger partial charge is 0.230 e. The molecule has 38 heavy (non-hydrogen) atoms. The first kappa shape index (κ1) is 26.1. The first-order valence-corrected chi connectivity index (χ1v) is 12.3. The second kappa shape index (κ2) is 8.47. The fourth-order valence-electron chi connectivity index (χ4n) is 6.83. The molecule has 0 saturated heterocycles. The minimum atomic E-state index is -2.59. The Hall–Kier alpha value is -3.57. The maximum atomic E-state index is 13.9. The number of fused-ring (bicyclic) bond motifs is 3. The predicted octanol–water partition coefficient (Wildman–Crippen LogP) is 0.618. The van der Waals surface area contributed by atoms with E-state index in [1.54, 1.807) is 44.4 Å². The van der Waals surface area contributed by atoms with Crippen molar-refractivity contribution in [3.8, 4) is 16.9 Å². The van der Waals surface area contributed by atoms with E-state index in [2.05, 4.69) is 0 Å². The van der Waals surface area contributed by atoms with E-state index in [1.165, 1.54) is 17.9 Å². The molecule has 0 spiro atoms. The molecule has 2 aromatic carbocycles. The Bertz CT molecular complexity index is 1400. The lowest BCUT2D eigenvalue weighted by Gasteiger charge is -2.56. The largest absolute Gasteiger partial charge is 0.509 e. The Morgan fingerprint density at radius 1 is 1.05 bits per heavy atom. The molecule has 10 nitrogen and oxygen atoms in total. The number of carbonyl (C=O) groups is 3. The Morgan fingerprint density at radius 2 is 1.68 bits per heavy atom. The van der Waals surface area contributed by atoms with Gasteiger partial charge in [-0.15, -0.1) is 0 Å². The molecule has 5 rings (SSSR count). The van der Waals surface area contributed by atoms with Gasteiger partial charge in [0.1, 0.15) is 23.5 Å². The number of carbonyl (C=O) groups excluding carboxylic acids is 3. The quantitative estimate of drug-likeness (QED) is 0.315. The van der Waals surface area contributed by atoms with Gasteiger partial charge in [-0.05, 0) is 44.6 Å². The van der Waals surface area contributed by atoms with Crippen LogP contribution in [-0.2, 0) is 15.2 Å². The van der Waals surface area contributed by atoms with Crippen molar-refractivity contribution < 1.29 is 39.9 Å². The van der Waals surface area contributed by atoms with E-state index >= 15 is 0 Å². The van der Waals surface area contributed by atoms with Crippen molar-refractivity contribution in [3.63, 3.8) is 0 Å². The van der Waals surface area contributed by atoms with Crippen LogP contribution in [0.5, 0.6) is 5.75 Å². The van der Waals surface area contributed by atoms with Crippen LogP contribution in [0.25, 0.3) is 11.1 Å². The van der Waals surface area contributed by atoms with Crippen LogP contribution in [0, 0.1) is 17.8 Å². The molecule has 0 heterocycles. The molecule has 0 aromatic heterocycles. The van der Waals surface area contributed by atoms with Crippen LogP contribution in [0.4, 0.5) is 0 Å². The summed E-state index contributed by atoms with van der Waals surface area (Å²) in [6, 6.07) is 10.7. The lowest BCUT2D eigenvalue weighted by molar-refractivity contribution is -0.193. The number of ketones is 2. The Kier molecular flexibility index (Phi) is 5.81. The van der Waals surface area contributed by atoms with E-state index in [4.69, 9.17) is 5.73 Å². The van der Waals surface area contributed by atoms with Crippen LogP contribution in [0.15, 0.2) is 53.8 Å². The van der Waals surface area contributed by atoms with Gasteiger partial charge < -0.3 is 31.3 Å². The summed E-state index contributed by atoms with van der Waals surface area (Å²) in [5, 5.41) is 57.2. The summed E-state index contributed by atoms with van der Waals surface area (Å²) >= 11 is 0. The molecule has 0 aliphatic heterocycles. The molecule has 1 fully saturated rings. The van der Waals surface area contributed by atoms with E-state index in [0.29, 0.717) is 11.1 Å². The molecule has 10 heteroatoms. The zero-order valence-electron chi connectivity index (χ0n) is 21.1. The number of benzene rings is 2. The summed E-state index contributed by atoms with van der Waals surface area (Å²) < 4.78 is 0. The van der Waals surface area contributed by atoms with E-state index in [-0.39, 0.29) is 17.5 Å². The van der Waals surface area contributed by atoms with Crippen LogP contribution >= 0.6 is 0 Å². The Morgan fingerprint density at radius 3 is 2.26 bits per heavy atom. The van der Waals surface area contributed by atoms with Gasteiger partial charge in [0.05, 0.1) is 17.2 Å². The van der Waals surface area contributed by atoms with Crippen molar-refractivity contribution in [2.75, 3.05) is 14.1 Å². The average molecular weight is 523 g/mol. The molecule has 1 amide bonds. The summed E-state index contributed by atoms with van der Waals surface area (Å²) in [5.41, 5.74) is 1.65. The van der Waals surface area contributed by atoms with Crippen molar-refractivity contribution in [3.05, 3.63) is 64.9 Å². The number of phenols is 1. The van der Waals surface area contributed by atoms with Crippen LogP contribution in [0.1, 0.15) is 29.3 Å². The number of nitrogens with two attached hydrogens (primary N) is 1. The third-order valence-electron chi connectivity index (χ3n) is 8.57. The first-order chi connectivity index (χ1) is 17.8. The standard InChI is InChI=1S/C28H30N2O8/c1-27(37)14-11-15-21(30(2)3)23(33)19(26(29)36)25(35)28(15,38)24(34)17(14)22(32)18-16(31)10-9-13(20(18)27)12-7-5-4-6-8-12/h4-10,14-15,19,21,25,31,34-35,37-38H,11H2,1-3H3,(H2,29,36)/t14-,15-,19?,21-,25?,27+,28-/m0/s1. The van der Waals surface area contributed by atoms with Crippen LogP contribution < -0.4 is 5.73 Å². The lowest BCUT2D eigenvalue weighted by Crippen LogP contribution is -2.72. The number of rotatable bonds is 3. The highest BCUT2D eigenvalue weighted by Crippen LogP contribution is 2.58. The topological polar surface area (TPSA) is 182 Å². The number of amides is 1. The molecule has 2 aromatic rings. The second-order valence-corrected chi connectivity index (χ2v) is 10.8. The van der Waals surface area contributed by atoms with E-state index in [9.17, 15) is 39.9 Å². The number of aromatic hydroxyl groups is 1. The highest BCUT2D eigenvalue weighted by molar-refractivity contribution is 6.15. The SMILES string of the molecule is CN(C)[C@@H]1C(=O)C(C(N)=O)C(O)[C@@]2(O)C(O)=C3C(=O)c4c(O)ccc(-c5ccccc5)c4[C@](C)(O)[C@H]3C[C@@H]12. The normalized spacial score (nSPS) is 34.6. The fourth-order valence-corrected chi connectivity index (χ4v) is 6.83. The maximum absolute atomic E-state index is 13.9. The van der Waals surface area contributed by atoms with Gasteiger partial charge >= 0.3 is 0 Å². The molecule has 7 N–H and O–H groups in total. The number of nitrogens with zero attached hydrogens (tertiary/aromatic N) is 1. The number of primary amides is 1. The zero-order chi connectivity index (χ0) is 27.9. The third-order valence-corrected chi connectivity index (χ3v) is 8.57. The molecular formula is C28H30N2O8. The summed E-state index contributed by atoms with van der Waals surface area (Å²) in [4.78, 5) is 40.9. The van der Waals surface area contributed by atoms with Gasteiger partial charge in [-0.1, -0.05) is 36.4 Å². The monoisotopic (exact) mass is 522 g/mol. The number of likely N-dealkylation sites (N-methyl/N-ethyl adjacent to an activating group) is 1. The van der Waals surface area contributed by atoms with Gasteiger partial charge in [0, 0.05) is 23.0 Å². The summed E-state index contributed by atoms with van der Waals surface area (Å²) in [5.74, 6) is -8.29. The molecule has 3 aliphatic rings. The van der Waals surface area contributed by atoms with Crippen molar-refractivity contribution in [2.45, 2.75) is 36.7 Å². The molecule has 0 bridgehead atoms. The first-order valence-electron chi connectivity index (χ1n) is 12.3. The number of Topliss-reactive ketones (excluding diaryl/α,β-unsaturated/α-hetero) is 2. The number of phenolic OH excluding ortho intramolecular Hbond substituents is 1.